The Hall–Kier alpha value is -0.760. The molecule has 0 saturated carbocycles. The molecular formula is H2FN3. The van der Waals surface area contributed by atoms with Crippen LogP contribution in [0.25, 0.3) is 0 Å². The summed E-state index contributed by atoms with van der Waals surface area (Å²) in [5.41, 5.74) is 11.0. The lowest BCUT2D eigenvalue weighted by molar-refractivity contribution is -0.00000116. The molecule has 0 atom stereocenters. The van der Waals surface area contributed by atoms with Crippen molar-refractivity contribution in [2.75, 3.05) is 0 Å². The predicted molar refractivity (Wildman–Crippen MR) is 7.57 cm³/mol. The third-order valence-corrected chi connectivity index (χ3v) is 0. The van der Waals surface area contributed by atoms with E-state index >= 15 is 0 Å². The molecule has 0 aromatic rings. The van der Waals surface area contributed by atoms with Gasteiger partial charge >= 0.3 is 0 Å². The number of nitrogens with zero attached hydrogens (tertiary/aromatic N) is 1. The molecular weight excluding hydrogens is 61.0 g/mol. The van der Waals surface area contributed by atoms with Crippen LogP contribution in [0, 0.1) is 11.1 Å². The highest BCUT2D eigenvalue weighted by Gasteiger charge is 1.16. The summed E-state index contributed by atoms with van der Waals surface area (Å²) in [6.07, 6.45) is 0. The Balaban J connectivity index is 0. The van der Waals surface area contributed by atoms with Crippen LogP contribution >= 0.6 is 0 Å². The molecule has 0 aromatic heterocycles. The molecule has 4 heteroatoms. The Morgan fingerprint density at radius 3 is 1.25 bits per heavy atom. The molecule has 3 nitrogen and oxygen atoms in total. The van der Waals surface area contributed by atoms with Crippen LogP contribution in [0.1, 0.15) is 0 Å². The molecule has 4 heavy (non-hydrogen) atoms. The summed E-state index contributed by atoms with van der Waals surface area (Å²) in [5, 5.41) is 0. The maximum Gasteiger partial charge on any atom is 0.211 e. The Labute approximate surface area is 22.0 Å². The third-order valence-electron chi connectivity index (χ3n) is 0. The van der Waals surface area contributed by atoms with Gasteiger partial charge in [-0.3, -0.25) is 0 Å². The third kappa shape index (κ3) is 0.124. The molecule has 0 rings (SSSR count). The van der Waals surface area contributed by atoms with E-state index in [2.05, 4.69) is 0 Å². The van der Waals surface area contributed by atoms with Gasteiger partial charge in [0, 0.05) is 0 Å². The van der Waals surface area contributed by atoms with Crippen LogP contribution < -0.4 is 9.62 Å². The Morgan fingerprint density at radius 1 is 1.25 bits per heavy atom. The topological polar surface area (TPSA) is 61.8 Å². The van der Waals surface area contributed by atoms with E-state index in [4.69, 9.17) is 11.1 Å². The maximum absolute atomic E-state index is 5.50. The Kier molecular flexibility index (Phi) is 158. The lowest BCUT2D eigenvalue weighted by Crippen LogP contribution is -3.00. The quantitative estimate of drug-likeness (QED) is 0.224. The van der Waals surface area contributed by atoms with Crippen molar-refractivity contribution in [3.8, 4) is 0 Å². The van der Waals surface area contributed by atoms with Gasteiger partial charge in [-0.2, -0.15) is 0 Å². The molecule has 0 radical (unpaired) electrons. The fourth-order valence-corrected chi connectivity index (χ4v) is 0. The van der Waals surface area contributed by atoms with Crippen LogP contribution in [0.4, 0.5) is 0 Å². The average Bonchev–Trinajstić information content (AvgIpc) is 0.918. The zero-order valence-corrected chi connectivity index (χ0v) is 1.83. The van der Waals surface area contributed by atoms with Crippen molar-refractivity contribution in [2.24, 2.45) is 0 Å². The summed E-state index contributed by atoms with van der Waals surface area (Å²) in [7, 11) is 0. The van der Waals surface area contributed by atoms with E-state index in [1.165, 1.54) is 0 Å². The van der Waals surface area contributed by atoms with Crippen molar-refractivity contribution < 1.29 is 4.70 Å². The van der Waals surface area contributed by atoms with Gasteiger partial charge in [-0.1, -0.05) is 0 Å². The van der Waals surface area contributed by atoms with Gasteiger partial charge in [0.25, 0.3) is 0 Å². The van der Waals surface area contributed by atoms with Gasteiger partial charge in [0.15, 0.2) is 0 Å². The second kappa shape index (κ2) is 59.8. The highest BCUT2D eigenvalue weighted by molar-refractivity contribution is 2.96. The summed E-state index contributed by atoms with van der Waals surface area (Å²) < 4.78 is 0. The molecule has 0 heterocycles. The van der Waals surface area contributed by atoms with E-state index < -0.39 is 0 Å². The molecule has 24 valence electrons. The van der Waals surface area contributed by atoms with Gasteiger partial charge in [-0.15, -0.1) is 0 Å². The van der Waals surface area contributed by atoms with Crippen molar-refractivity contribution in [1.29, 1.82) is 11.1 Å². The predicted octanol–water partition coefficient (Wildman–Crippen LogP) is -2.88. The first kappa shape index (κ1) is 10.6. The summed E-state index contributed by atoms with van der Waals surface area (Å²) in [6, 6.07) is 0. The molecule has 0 aliphatic heterocycles. The first-order chi connectivity index (χ1) is 1.41. The molecule has 0 aliphatic rings. The van der Waals surface area contributed by atoms with E-state index in [9.17, 15) is 0 Å². The smallest absolute Gasteiger partial charge is 0.211 e. The minimum absolute atomic E-state index is 0. The van der Waals surface area contributed by atoms with E-state index in [0.717, 1.165) is 0 Å². The molecule has 0 aliphatic carbocycles. The molecule has 0 fully saturated rings. The molecule has 0 saturated heterocycles. The van der Waals surface area contributed by atoms with E-state index in [0.29, 0.717) is 0 Å². The van der Waals surface area contributed by atoms with E-state index in [-0.39, 0.29) is 4.70 Å². The monoisotopic (exact) mass is 63.0 g/mol. The summed E-state index contributed by atoms with van der Waals surface area (Å²) in [6.45, 7) is 0. The summed E-state index contributed by atoms with van der Waals surface area (Å²) in [5.74, 6) is 0. The molecule has 0 spiro atoms. The minimum Gasteiger partial charge on any atom is -1.00 e. The zero-order chi connectivity index (χ0) is 2.71. The largest absolute Gasteiger partial charge is 1.00 e. The van der Waals surface area contributed by atoms with Crippen LogP contribution in [-0.2, 0) is 0 Å². The highest BCUT2D eigenvalue weighted by Crippen LogP contribution is 0.841. The van der Waals surface area contributed by atoms with E-state index in [1.807, 2.05) is 4.91 Å². The van der Waals surface area contributed by atoms with Gasteiger partial charge < -0.3 is 4.70 Å². The van der Waals surface area contributed by atoms with Crippen LogP contribution in [0.5, 0.6) is 0 Å². The highest BCUT2D eigenvalue weighted by atomic mass is 19.0. The van der Waals surface area contributed by atoms with Crippen LogP contribution in [0.15, 0.2) is 0 Å². The second-order valence-corrected chi connectivity index (χ2v) is 0.112. The number of halogens is 1. The molecule has 2 N–H and O–H groups in total. The number of hydrogen-bond acceptors (Lipinski definition) is 2. The van der Waals surface area contributed by atoms with Crippen molar-refractivity contribution in [2.45, 2.75) is 0 Å². The lowest BCUT2D eigenvalue weighted by atomic mass is 13.0. The van der Waals surface area contributed by atoms with Crippen molar-refractivity contribution in [3.63, 3.8) is 0 Å². The summed E-state index contributed by atoms with van der Waals surface area (Å²) in [4.78, 5) is 2.00. The number of nitrogens with one attached hydrogen (secondary N) is 2. The maximum atomic E-state index is 5.50. The van der Waals surface area contributed by atoms with Gasteiger partial charge in [0.1, 0.15) is 11.1 Å². The number of rotatable bonds is 0. The normalized spacial score (nSPS) is 2.00. The minimum atomic E-state index is 0. The van der Waals surface area contributed by atoms with Crippen LogP contribution in [0.2, 0.25) is 0 Å². The van der Waals surface area contributed by atoms with Gasteiger partial charge in [-0.25, -0.2) is 0 Å². The fraction of sp³-hybridized carbons (Fsp3) is 0. The molecule has 0 unspecified atom stereocenters. The van der Waals surface area contributed by atoms with Gasteiger partial charge in [0.05, 0.1) is 0 Å². The standard InChI is InChI=1S/FH.H2N3/c;1-3-2/h1H;1-2H/q;+1/p-1. The first-order valence-corrected chi connectivity index (χ1v) is 0.447. The molecule has 0 bridgehead atoms. The SMILES string of the molecule is N=[N+]=N.[F-]. The van der Waals surface area contributed by atoms with E-state index in [1.54, 1.807) is 0 Å². The zero-order valence-electron chi connectivity index (χ0n) is 1.83. The summed E-state index contributed by atoms with van der Waals surface area (Å²) >= 11 is 0. The van der Waals surface area contributed by atoms with Crippen molar-refractivity contribution in [1.82, 2.24) is 4.91 Å². The second-order valence-electron chi connectivity index (χ2n) is 0.112. The fourth-order valence-electron chi connectivity index (χ4n) is 0. The number of hydrogen-bond donors (Lipinski definition) is 2. The van der Waals surface area contributed by atoms with Crippen molar-refractivity contribution in [3.05, 3.63) is 0 Å². The van der Waals surface area contributed by atoms with Crippen LogP contribution in [0.3, 0.4) is 0 Å². The molecule has 0 aromatic carbocycles. The lowest BCUT2D eigenvalue weighted by Gasteiger charge is -1.00. The first-order valence-electron chi connectivity index (χ1n) is 0.447. The van der Waals surface area contributed by atoms with Crippen molar-refractivity contribution >= 4 is 0 Å². The average molecular weight is 63.0 g/mol. The Bertz CT molecular complexity index is 24.3. The Morgan fingerprint density at radius 2 is 1.25 bits per heavy atom. The van der Waals surface area contributed by atoms with Gasteiger partial charge in [0.2, 0.25) is 4.91 Å². The van der Waals surface area contributed by atoms with Gasteiger partial charge in [-0.05, 0) is 0 Å². The molecule has 0 amide bonds. The van der Waals surface area contributed by atoms with Crippen LogP contribution in [-0.4, -0.2) is 0 Å².